The largest absolute Gasteiger partial charge is 0.380 e. The summed E-state index contributed by atoms with van der Waals surface area (Å²) in [7, 11) is -4.41. The van der Waals surface area contributed by atoms with E-state index in [0.29, 0.717) is 19.0 Å². The van der Waals surface area contributed by atoms with Crippen molar-refractivity contribution in [1.82, 2.24) is 0 Å². The first-order valence-electron chi connectivity index (χ1n) is 9.32. The Morgan fingerprint density at radius 1 is 1.07 bits per heavy atom. The van der Waals surface area contributed by atoms with Gasteiger partial charge in [0.25, 0.3) is 0 Å². The summed E-state index contributed by atoms with van der Waals surface area (Å²) in [5, 5.41) is 4.71. The van der Waals surface area contributed by atoms with Gasteiger partial charge in [0.2, 0.25) is 0 Å². The zero-order chi connectivity index (χ0) is 20.1. The number of aryl methyl sites for hydroxylation is 1. The second-order valence-electron chi connectivity index (χ2n) is 7.12. The van der Waals surface area contributed by atoms with E-state index in [4.69, 9.17) is 5.14 Å². The first-order chi connectivity index (χ1) is 13.3. The van der Waals surface area contributed by atoms with E-state index in [1.165, 1.54) is 5.56 Å². The third kappa shape index (κ3) is 5.65. The highest BCUT2D eigenvalue weighted by Crippen LogP contribution is 2.32. The quantitative estimate of drug-likeness (QED) is 0.754. The van der Waals surface area contributed by atoms with Gasteiger partial charge in [-0.1, -0.05) is 30.3 Å². The number of nitrogens with zero attached hydrogens (tertiary/aromatic N) is 1. The van der Waals surface area contributed by atoms with Crippen molar-refractivity contribution in [2.75, 3.05) is 18.0 Å². The maximum atomic E-state index is 14.4. The lowest BCUT2D eigenvalue weighted by atomic mass is 9.90. The molecule has 1 aliphatic heterocycles. The molecule has 3 rings (SSSR count). The van der Waals surface area contributed by atoms with Gasteiger partial charge in [-0.05, 0) is 43.6 Å². The van der Waals surface area contributed by atoms with E-state index in [0.717, 1.165) is 44.2 Å². The minimum Gasteiger partial charge on any atom is -0.369 e. The Balaban J connectivity index is 1.53. The molecule has 0 spiro atoms. The molecule has 152 valence electrons. The average Bonchev–Trinajstić information content (AvgIpc) is 2.65. The number of halogens is 2. The van der Waals surface area contributed by atoms with E-state index in [-0.39, 0.29) is 5.69 Å². The number of rotatable bonds is 7. The van der Waals surface area contributed by atoms with Crippen LogP contribution in [-0.2, 0) is 16.7 Å². The van der Waals surface area contributed by atoms with Crippen LogP contribution in [0.3, 0.4) is 0 Å². The molecule has 0 aliphatic carbocycles. The van der Waals surface area contributed by atoms with Gasteiger partial charge in [-0.25, -0.2) is 8.78 Å². The third-order valence-electron chi connectivity index (χ3n) is 5.08. The van der Waals surface area contributed by atoms with Crippen molar-refractivity contribution in [2.45, 2.75) is 32.1 Å². The Kier molecular flexibility index (Phi) is 6.51. The van der Waals surface area contributed by atoms with Crippen LogP contribution in [0.5, 0.6) is 5.75 Å². The van der Waals surface area contributed by atoms with Crippen molar-refractivity contribution in [3.8, 4) is 5.75 Å². The van der Waals surface area contributed by atoms with Gasteiger partial charge in [0.1, 0.15) is 5.82 Å². The summed E-state index contributed by atoms with van der Waals surface area (Å²) in [6.07, 6.45) is 5.08. The molecule has 0 unspecified atom stereocenters. The lowest BCUT2D eigenvalue weighted by molar-refractivity contribution is 0.370. The molecule has 2 aromatic carbocycles. The lowest BCUT2D eigenvalue weighted by Crippen LogP contribution is -2.34. The van der Waals surface area contributed by atoms with Gasteiger partial charge in [0.15, 0.2) is 11.6 Å². The molecule has 0 atom stereocenters. The normalized spacial score (nSPS) is 15.6. The van der Waals surface area contributed by atoms with Gasteiger partial charge >= 0.3 is 10.3 Å². The Hall–Kier alpha value is -2.19. The topological polar surface area (TPSA) is 72.6 Å². The zero-order valence-electron chi connectivity index (χ0n) is 15.5. The van der Waals surface area contributed by atoms with E-state index in [9.17, 15) is 17.2 Å². The van der Waals surface area contributed by atoms with Crippen LogP contribution in [0.2, 0.25) is 0 Å². The van der Waals surface area contributed by atoms with Crippen LogP contribution in [0, 0.1) is 17.6 Å². The van der Waals surface area contributed by atoms with Crippen LogP contribution in [0.1, 0.15) is 31.2 Å². The van der Waals surface area contributed by atoms with Gasteiger partial charge in [0.05, 0.1) is 5.69 Å². The molecule has 5 nitrogen and oxygen atoms in total. The van der Waals surface area contributed by atoms with Crippen LogP contribution >= 0.6 is 0 Å². The molecule has 0 radical (unpaired) electrons. The average molecular weight is 410 g/mol. The number of benzene rings is 2. The summed E-state index contributed by atoms with van der Waals surface area (Å²) in [6.45, 7) is 1.25. The molecule has 0 saturated carbocycles. The minimum atomic E-state index is -4.41. The Morgan fingerprint density at radius 3 is 2.39 bits per heavy atom. The van der Waals surface area contributed by atoms with Gasteiger partial charge in [-0.3, -0.25) is 0 Å². The Bertz CT molecular complexity index is 899. The maximum absolute atomic E-state index is 14.4. The molecular formula is C20H24F2N2O3S. The molecule has 2 N–H and O–H groups in total. The molecule has 1 heterocycles. The zero-order valence-corrected chi connectivity index (χ0v) is 16.3. The highest BCUT2D eigenvalue weighted by Gasteiger charge is 2.23. The summed E-state index contributed by atoms with van der Waals surface area (Å²) >= 11 is 0. The molecule has 28 heavy (non-hydrogen) atoms. The number of hydrogen-bond acceptors (Lipinski definition) is 4. The fourth-order valence-electron chi connectivity index (χ4n) is 3.65. The molecule has 1 aliphatic rings. The fourth-order valence-corrected chi connectivity index (χ4v) is 4.03. The summed E-state index contributed by atoms with van der Waals surface area (Å²) < 4.78 is 54.5. The van der Waals surface area contributed by atoms with Gasteiger partial charge in [0, 0.05) is 25.2 Å². The first-order valence-corrected chi connectivity index (χ1v) is 10.8. The SMILES string of the molecule is NS(=O)(=O)Oc1cc(F)c(N2CCC(CCCc3ccccc3)CC2)cc1F. The molecule has 1 fully saturated rings. The highest BCUT2D eigenvalue weighted by atomic mass is 32.2. The molecule has 0 amide bonds. The number of hydrogen-bond donors (Lipinski definition) is 1. The van der Waals surface area contributed by atoms with E-state index in [2.05, 4.69) is 16.3 Å². The Labute approximate surface area is 164 Å². The van der Waals surface area contributed by atoms with Crippen molar-refractivity contribution < 1.29 is 21.4 Å². The first kappa shape index (κ1) is 20.5. The monoisotopic (exact) mass is 410 g/mol. The summed E-state index contributed by atoms with van der Waals surface area (Å²) in [6, 6.07) is 12.0. The van der Waals surface area contributed by atoms with E-state index < -0.39 is 27.7 Å². The van der Waals surface area contributed by atoms with Crippen LogP contribution in [0.4, 0.5) is 14.5 Å². The summed E-state index contributed by atoms with van der Waals surface area (Å²) in [5.41, 5.74) is 1.45. The second kappa shape index (κ2) is 8.87. The van der Waals surface area contributed by atoms with E-state index >= 15 is 0 Å². The second-order valence-corrected chi connectivity index (χ2v) is 8.27. The smallest absolute Gasteiger partial charge is 0.369 e. The predicted octanol–water partition coefficient (Wildman–Crippen LogP) is 3.79. The molecule has 0 aromatic heterocycles. The van der Waals surface area contributed by atoms with Crippen LogP contribution in [-0.4, -0.2) is 21.5 Å². The number of piperidine rings is 1. The van der Waals surface area contributed by atoms with Crippen molar-refractivity contribution in [1.29, 1.82) is 0 Å². The third-order valence-corrected chi connectivity index (χ3v) is 5.50. The lowest BCUT2D eigenvalue weighted by Gasteiger charge is -2.34. The highest BCUT2D eigenvalue weighted by molar-refractivity contribution is 7.84. The molecule has 0 bridgehead atoms. The van der Waals surface area contributed by atoms with Gasteiger partial charge in [-0.15, -0.1) is 0 Å². The maximum Gasteiger partial charge on any atom is 0.380 e. The van der Waals surface area contributed by atoms with Crippen molar-refractivity contribution in [3.05, 3.63) is 59.7 Å². The molecule has 1 saturated heterocycles. The van der Waals surface area contributed by atoms with Crippen molar-refractivity contribution in [3.63, 3.8) is 0 Å². The Morgan fingerprint density at radius 2 is 1.75 bits per heavy atom. The molecule has 8 heteroatoms. The van der Waals surface area contributed by atoms with E-state index in [1.54, 1.807) is 4.90 Å². The molecular weight excluding hydrogens is 386 g/mol. The summed E-state index contributed by atoms with van der Waals surface area (Å²) in [4.78, 5) is 1.78. The van der Waals surface area contributed by atoms with Crippen molar-refractivity contribution in [2.24, 2.45) is 11.1 Å². The summed E-state index contributed by atoms with van der Waals surface area (Å²) in [5.74, 6) is -1.87. The van der Waals surface area contributed by atoms with Gasteiger partial charge < -0.3 is 9.08 Å². The van der Waals surface area contributed by atoms with Gasteiger partial charge in [-0.2, -0.15) is 13.6 Å². The standard InChI is InChI=1S/C20H24F2N2O3S/c21-17-14-20(27-28(23,25)26)18(22)13-19(17)24-11-9-16(10-12-24)8-4-7-15-5-2-1-3-6-15/h1-3,5-6,13-14,16H,4,7-12H2,(H2,23,25,26). The predicted molar refractivity (Wildman–Crippen MR) is 104 cm³/mol. The van der Waals surface area contributed by atoms with Crippen LogP contribution in [0.25, 0.3) is 0 Å². The van der Waals surface area contributed by atoms with E-state index in [1.807, 2.05) is 18.2 Å². The van der Waals surface area contributed by atoms with Crippen molar-refractivity contribution >= 4 is 16.0 Å². The minimum absolute atomic E-state index is 0.113. The van der Waals surface area contributed by atoms with Crippen LogP contribution < -0.4 is 14.2 Å². The van der Waals surface area contributed by atoms with Crippen LogP contribution in [0.15, 0.2) is 42.5 Å². The number of nitrogens with two attached hydrogens (primary N) is 1. The number of anilines is 1. The molecule has 2 aromatic rings. The fraction of sp³-hybridized carbons (Fsp3) is 0.400.